The zero-order valence-corrected chi connectivity index (χ0v) is 12.5. The van der Waals surface area contributed by atoms with E-state index in [0.717, 1.165) is 11.1 Å². The molecule has 0 N–H and O–H groups in total. The number of ketones is 2. The molecular weight excluding hydrogens is 264 g/mol. The molecule has 0 aliphatic rings. The van der Waals surface area contributed by atoms with Crippen molar-refractivity contribution < 1.29 is 14.3 Å². The van der Waals surface area contributed by atoms with Gasteiger partial charge in [0.15, 0.2) is 18.2 Å². The van der Waals surface area contributed by atoms with Crippen LogP contribution in [0, 0.1) is 13.8 Å². The van der Waals surface area contributed by atoms with Crippen LogP contribution in [0.5, 0.6) is 5.75 Å². The van der Waals surface area contributed by atoms with Gasteiger partial charge in [-0.2, -0.15) is 0 Å². The molecule has 0 aliphatic carbocycles. The Morgan fingerprint density at radius 3 is 2.10 bits per heavy atom. The van der Waals surface area contributed by atoms with E-state index >= 15 is 0 Å². The Kier molecular flexibility index (Phi) is 4.53. The molecule has 0 saturated heterocycles. The van der Waals surface area contributed by atoms with Gasteiger partial charge in [-0.25, -0.2) is 0 Å². The second-order valence-electron chi connectivity index (χ2n) is 5.09. The Balaban J connectivity index is 2.00. The van der Waals surface area contributed by atoms with Gasteiger partial charge in [-0.3, -0.25) is 9.59 Å². The number of Topliss-reactive ketones (excluding diaryl/α,β-unsaturated/α-hetero) is 2. The Morgan fingerprint density at radius 2 is 1.52 bits per heavy atom. The standard InChI is InChI=1S/C18H18O3/c1-12-4-5-16(10-13(12)2)18(20)11-21-17-8-6-15(7-9-17)14(3)19/h4-10H,11H2,1-3H3. The molecule has 0 amide bonds. The predicted octanol–water partition coefficient (Wildman–Crippen LogP) is 3.77. The van der Waals surface area contributed by atoms with Crippen molar-refractivity contribution in [1.29, 1.82) is 0 Å². The molecule has 0 aromatic heterocycles. The molecule has 0 fully saturated rings. The Hall–Kier alpha value is -2.42. The quantitative estimate of drug-likeness (QED) is 0.784. The van der Waals surface area contributed by atoms with Crippen LogP contribution in [-0.4, -0.2) is 18.2 Å². The van der Waals surface area contributed by atoms with Crippen molar-refractivity contribution >= 4 is 11.6 Å². The maximum absolute atomic E-state index is 12.1. The van der Waals surface area contributed by atoms with E-state index in [4.69, 9.17) is 4.74 Å². The monoisotopic (exact) mass is 282 g/mol. The lowest BCUT2D eigenvalue weighted by molar-refractivity contribution is 0.0920. The fourth-order valence-electron chi connectivity index (χ4n) is 1.93. The van der Waals surface area contributed by atoms with Crippen molar-refractivity contribution in [2.45, 2.75) is 20.8 Å². The minimum absolute atomic E-state index is 0.00718. The van der Waals surface area contributed by atoms with Crippen LogP contribution in [0.15, 0.2) is 42.5 Å². The van der Waals surface area contributed by atoms with Crippen LogP contribution in [0.1, 0.15) is 38.8 Å². The fraction of sp³-hybridized carbons (Fsp3) is 0.222. The number of hydrogen-bond donors (Lipinski definition) is 0. The Morgan fingerprint density at radius 1 is 0.905 bits per heavy atom. The molecule has 3 nitrogen and oxygen atoms in total. The first kappa shape index (κ1) is 15.0. The molecule has 2 aromatic rings. The van der Waals surface area contributed by atoms with Gasteiger partial charge >= 0.3 is 0 Å². The SMILES string of the molecule is CC(=O)c1ccc(OCC(=O)c2ccc(C)c(C)c2)cc1. The van der Waals surface area contributed by atoms with Gasteiger partial charge in [-0.05, 0) is 62.2 Å². The number of ether oxygens (including phenoxy) is 1. The van der Waals surface area contributed by atoms with Crippen LogP contribution in [0.25, 0.3) is 0 Å². The molecule has 108 valence electrons. The maximum atomic E-state index is 12.1. The number of carbonyl (C=O) groups is 2. The van der Waals surface area contributed by atoms with E-state index in [-0.39, 0.29) is 18.2 Å². The van der Waals surface area contributed by atoms with Crippen LogP contribution in [0.4, 0.5) is 0 Å². The summed E-state index contributed by atoms with van der Waals surface area (Å²) in [6.07, 6.45) is 0. The number of benzene rings is 2. The topological polar surface area (TPSA) is 43.4 Å². The van der Waals surface area contributed by atoms with Crippen molar-refractivity contribution in [1.82, 2.24) is 0 Å². The van der Waals surface area contributed by atoms with Gasteiger partial charge in [0.2, 0.25) is 0 Å². The van der Waals surface area contributed by atoms with Crippen LogP contribution in [0.2, 0.25) is 0 Å². The third-order valence-corrected chi connectivity index (χ3v) is 3.46. The van der Waals surface area contributed by atoms with Crippen molar-refractivity contribution in [2.75, 3.05) is 6.61 Å². The molecule has 0 bridgehead atoms. The highest BCUT2D eigenvalue weighted by Crippen LogP contribution is 2.14. The molecule has 0 atom stereocenters. The lowest BCUT2D eigenvalue weighted by Gasteiger charge is -2.07. The first-order chi connectivity index (χ1) is 9.97. The van der Waals surface area contributed by atoms with Crippen molar-refractivity contribution in [2.24, 2.45) is 0 Å². The number of aryl methyl sites for hydroxylation is 2. The van der Waals surface area contributed by atoms with Crippen molar-refractivity contribution in [3.63, 3.8) is 0 Å². The first-order valence-corrected chi connectivity index (χ1v) is 6.81. The summed E-state index contributed by atoms with van der Waals surface area (Å²) in [5, 5.41) is 0. The zero-order valence-electron chi connectivity index (χ0n) is 12.5. The van der Waals surface area contributed by atoms with E-state index < -0.39 is 0 Å². The summed E-state index contributed by atoms with van der Waals surface area (Å²) in [5.74, 6) is 0.527. The maximum Gasteiger partial charge on any atom is 0.200 e. The van der Waals surface area contributed by atoms with Gasteiger partial charge in [0.25, 0.3) is 0 Å². The van der Waals surface area contributed by atoms with Crippen molar-refractivity contribution in [3.05, 3.63) is 64.7 Å². The second-order valence-corrected chi connectivity index (χ2v) is 5.09. The zero-order chi connectivity index (χ0) is 15.4. The fourth-order valence-corrected chi connectivity index (χ4v) is 1.93. The van der Waals surface area contributed by atoms with Crippen molar-refractivity contribution in [3.8, 4) is 5.75 Å². The summed E-state index contributed by atoms with van der Waals surface area (Å²) in [7, 11) is 0. The van der Waals surface area contributed by atoms with E-state index in [9.17, 15) is 9.59 Å². The van der Waals surface area contributed by atoms with E-state index in [2.05, 4.69) is 0 Å². The predicted molar refractivity (Wildman–Crippen MR) is 82.2 cm³/mol. The van der Waals surface area contributed by atoms with E-state index in [1.165, 1.54) is 6.92 Å². The Labute approximate surface area is 124 Å². The summed E-state index contributed by atoms with van der Waals surface area (Å²) in [6.45, 7) is 5.49. The normalized spacial score (nSPS) is 10.2. The summed E-state index contributed by atoms with van der Waals surface area (Å²) in [4.78, 5) is 23.2. The highest BCUT2D eigenvalue weighted by Gasteiger charge is 2.08. The highest BCUT2D eigenvalue weighted by atomic mass is 16.5. The van der Waals surface area contributed by atoms with Gasteiger partial charge in [0, 0.05) is 11.1 Å². The molecule has 21 heavy (non-hydrogen) atoms. The number of rotatable bonds is 5. The average molecular weight is 282 g/mol. The van der Waals surface area contributed by atoms with Gasteiger partial charge in [-0.15, -0.1) is 0 Å². The average Bonchev–Trinajstić information content (AvgIpc) is 2.48. The summed E-state index contributed by atoms with van der Waals surface area (Å²) >= 11 is 0. The van der Waals surface area contributed by atoms with Gasteiger partial charge < -0.3 is 4.74 Å². The number of hydrogen-bond acceptors (Lipinski definition) is 3. The largest absolute Gasteiger partial charge is 0.485 e. The molecule has 3 heteroatoms. The van der Waals surface area contributed by atoms with Gasteiger partial charge in [0.05, 0.1) is 0 Å². The molecule has 0 aliphatic heterocycles. The van der Waals surface area contributed by atoms with E-state index in [0.29, 0.717) is 16.9 Å². The minimum atomic E-state index is -0.0613. The Bertz CT molecular complexity index is 669. The minimum Gasteiger partial charge on any atom is -0.485 e. The molecule has 0 heterocycles. The van der Waals surface area contributed by atoms with Crippen LogP contribution in [0.3, 0.4) is 0 Å². The molecule has 2 rings (SSSR count). The smallest absolute Gasteiger partial charge is 0.200 e. The second kappa shape index (κ2) is 6.35. The molecular formula is C18H18O3. The lowest BCUT2D eigenvalue weighted by Crippen LogP contribution is -2.12. The van der Waals surface area contributed by atoms with E-state index in [1.807, 2.05) is 32.0 Å². The van der Waals surface area contributed by atoms with Gasteiger partial charge in [-0.1, -0.05) is 12.1 Å². The highest BCUT2D eigenvalue weighted by molar-refractivity contribution is 5.97. The number of carbonyl (C=O) groups excluding carboxylic acids is 2. The molecule has 0 saturated carbocycles. The molecule has 0 radical (unpaired) electrons. The van der Waals surface area contributed by atoms with Crippen LogP contribution in [-0.2, 0) is 0 Å². The summed E-state index contributed by atoms with van der Waals surface area (Å²) in [6, 6.07) is 12.4. The third-order valence-electron chi connectivity index (χ3n) is 3.46. The van der Waals surface area contributed by atoms with Crippen LogP contribution >= 0.6 is 0 Å². The molecule has 0 unspecified atom stereocenters. The van der Waals surface area contributed by atoms with Crippen LogP contribution < -0.4 is 4.74 Å². The third kappa shape index (κ3) is 3.78. The molecule has 2 aromatic carbocycles. The summed E-state index contributed by atoms with van der Waals surface area (Å²) < 4.78 is 5.47. The lowest BCUT2D eigenvalue weighted by atomic mass is 10.0. The first-order valence-electron chi connectivity index (χ1n) is 6.81. The van der Waals surface area contributed by atoms with E-state index in [1.54, 1.807) is 24.3 Å². The molecule has 0 spiro atoms. The summed E-state index contributed by atoms with van der Waals surface area (Å²) in [5.41, 5.74) is 3.53. The van der Waals surface area contributed by atoms with Gasteiger partial charge in [0.1, 0.15) is 5.75 Å².